The summed E-state index contributed by atoms with van der Waals surface area (Å²) in [7, 11) is 0. The highest BCUT2D eigenvalue weighted by molar-refractivity contribution is 6.09. The van der Waals surface area contributed by atoms with Crippen LogP contribution in [0.15, 0.2) is 91.3 Å². The molecular weight excluding hydrogens is 450 g/mol. The summed E-state index contributed by atoms with van der Waals surface area (Å²) >= 11 is 0. The van der Waals surface area contributed by atoms with Crippen molar-refractivity contribution in [2.75, 3.05) is 5.32 Å². The maximum atomic E-state index is 13.5. The molecule has 7 nitrogen and oxygen atoms in total. The number of para-hydroxylation sites is 1. The molecule has 1 N–H and O–H groups in total. The van der Waals surface area contributed by atoms with Crippen molar-refractivity contribution in [2.45, 2.75) is 27.5 Å². The van der Waals surface area contributed by atoms with Gasteiger partial charge in [-0.2, -0.15) is 10.2 Å². The zero-order valence-corrected chi connectivity index (χ0v) is 20.5. The lowest BCUT2D eigenvalue weighted by atomic mass is 10.1. The molecule has 0 aliphatic heterocycles. The first-order valence-corrected chi connectivity index (χ1v) is 11.7. The number of anilines is 1. The van der Waals surface area contributed by atoms with Crippen molar-refractivity contribution < 1.29 is 9.53 Å². The first kappa shape index (κ1) is 23.1. The highest BCUT2D eigenvalue weighted by atomic mass is 16.5. The zero-order valence-electron chi connectivity index (χ0n) is 20.5. The first-order valence-electron chi connectivity index (χ1n) is 11.7. The molecule has 3 aromatic carbocycles. The van der Waals surface area contributed by atoms with E-state index in [1.54, 1.807) is 21.8 Å². The smallest absolute Gasteiger partial charge is 0.259 e. The molecule has 7 heteroatoms. The highest BCUT2D eigenvalue weighted by Crippen LogP contribution is 2.28. The Bertz CT molecular complexity index is 1500. The van der Waals surface area contributed by atoms with E-state index in [2.05, 4.69) is 16.5 Å². The van der Waals surface area contributed by atoms with Gasteiger partial charge in [-0.25, -0.2) is 9.36 Å². The second kappa shape index (κ2) is 9.92. The van der Waals surface area contributed by atoms with E-state index in [4.69, 9.17) is 9.84 Å². The third-order valence-corrected chi connectivity index (χ3v) is 5.97. The third kappa shape index (κ3) is 4.77. The summed E-state index contributed by atoms with van der Waals surface area (Å²) < 4.78 is 9.35. The van der Waals surface area contributed by atoms with Crippen molar-refractivity contribution in [3.05, 3.63) is 114 Å². The number of benzene rings is 3. The minimum Gasteiger partial charge on any atom is -0.471 e. The Morgan fingerprint density at radius 2 is 1.67 bits per heavy atom. The number of rotatable bonds is 7. The van der Waals surface area contributed by atoms with Gasteiger partial charge in [0.15, 0.2) is 6.73 Å². The van der Waals surface area contributed by atoms with Gasteiger partial charge < -0.3 is 10.1 Å². The van der Waals surface area contributed by atoms with E-state index < -0.39 is 0 Å². The van der Waals surface area contributed by atoms with Gasteiger partial charge in [0.05, 0.1) is 35.0 Å². The Morgan fingerprint density at radius 1 is 0.944 bits per heavy atom. The van der Waals surface area contributed by atoms with Crippen LogP contribution in [0.1, 0.15) is 27.2 Å². The number of carbonyl (C=O) groups is 1. The van der Waals surface area contributed by atoms with Crippen LogP contribution in [0.25, 0.3) is 16.9 Å². The summed E-state index contributed by atoms with van der Waals surface area (Å²) in [4.78, 5) is 13.5. The molecule has 0 bridgehead atoms. The molecule has 0 aliphatic carbocycles. The molecule has 0 fully saturated rings. The van der Waals surface area contributed by atoms with E-state index in [0.717, 1.165) is 28.3 Å². The van der Waals surface area contributed by atoms with Crippen molar-refractivity contribution in [3.63, 3.8) is 0 Å². The summed E-state index contributed by atoms with van der Waals surface area (Å²) in [5, 5.41) is 12.1. The number of amides is 1. The summed E-state index contributed by atoms with van der Waals surface area (Å²) in [6.45, 7) is 6.20. The Balaban J connectivity index is 1.39. The van der Waals surface area contributed by atoms with E-state index in [9.17, 15) is 4.79 Å². The Hall–Kier alpha value is -4.65. The molecule has 0 aliphatic rings. The average Bonchev–Trinajstić information content (AvgIpc) is 3.48. The molecule has 0 saturated carbocycles. The lowest BCUT2D eigenvalue weighted by molar-refractivity contribution is 0.102. The summed E-state index contributed by atoms with van der Waals surface area (Å²) in [5.74, 6) is 0.557. The van der Waals surface area contributed by atoms with Gasteiger partial charge in [-0.3, -0.25) is 4.79 Å². The predicted molar refractivity (Wildman–Crippen MR) is 140 cm³/mol. The van der Waals surface area contributed by atoms with Gasteiger partial charge in [0.2, 0.25) is 0 Å². The van der Waals surface area contributed by atoms with Crippen LogP contribution in [0.4, 0.5) is 5.69 Å². The van der Waals surface area contributed by atoms with E-state index in [-0.39, 0.29) is 12.6 Å². The van der Waals surface area contributed by atoms with Gasteiger partial charge >= 0.3 is 0 Å². The van der Waals surface area contributed by atoms with Crippen molar-refractivity contribution in [2.24, 2.45) is 0 Å². The number of hydrogen-bond acceptors (Lipinski definition) is 4. The van der Waals surface area contributed by atoms with Crippen LogP contribution in [-0.2, 0) is 6.73 Å². The number of aromatic nitrogens is 4. The second-order valence-electron chi connectivity index (χ2n) is 8.69. The van der Waals surface area contributed by atoms with Gasteiger partial charge in [-0.05, 0) is 44.5 Å². The van der Waals surface area contributed by atoms with Crippen LogP contribution >= 0.6 is 0 Å². The molecule has 0 atom stereocenters. The van der Waals surface area contributed by atoms with Gasteiger partial charge in [0.25, 0.3) is 5.91 Å². The van der Waals surface area contributed by atoms with Gasteiger partial charge in [0, 0.05) is 5.56 Å². The van der Waals surface area contributed by atoms with Gasteiger partial charge in [-0.1, -0.05) is 66.2 Å². The van der Waals surface area contributed by atoms with Crippen LogP contribution in [0, 0.1) is 20.8 Å². The monoisotopic (exact) mass is 477 g/mol. The van der Waals surface area contributed by atoms with Crippen LogP contribution in [-0.4, -0.2) is 25.5 Å². The van der Waals surface area contributed by atoms with E-state index in [0.29, 0.717) is 16.9 Å². The maximum absolute atomic E-state index is 13.5. The fourth-order valence-corrected chi connectivity index (χ4v) is 4.18. The second-order valence-corrected chi connectivity index (χ2v) is 8.69. The lowest BCUT2D eigenvalue weighted by Gasteiger charge is -2.09. The van der Waals surface area contributed by atoms with Crippen molar-refractivity contribution in [3.8, 4) is 22.7 Å². The number of aryl methyl sites for hydroxylation is 2. The standard InChI is InChI=1S/C29H27N5O2/c1-20-14-15-26(21(2)16-20)36-19-33-18-24(17-30-33)31-29(35)27-22(3)34(25-12-8-5-9-13-25)32-28(27)23-10-6-4-7-11-23/h4-18H,19H2,1-3H3,(H,31,35). The van der Waals surface area contributed by atoms with Crippen molar-refractivity contribution in [1.29, 1.82) is 0 Å². The molecule has 36 heavy (non-hydrogen) atoms. The fourth-order valence-electron chi connectivity index (χ4n) is 4.18. The molecule has 0 saturated heterocycles. The van der Waals surface area contributed by atoms with Crippen LogP contribution < -0.4 is 10.1 Å². The van der Waals surface area contributed by atoms with Crippen LogP contribution in [0.5, 0.6) is 5.75 Å². The summed E-state index contributed by atoms with van der Waals surface area (Å²) in [6, 6.07) is 25.6. The summed E-state index contributed by atoms with van der Waals surface area (Å²) in [6.07, 6.45) is 3.36. The number of hydrogen-bond donors (Lipinski definition) is 1. The molecule has 0 spiro atoms. The predicted octanol–water partition coefficient (Wildman–Crippen LogP) is 5.95. The molecule has 2 heterocycles. The number of nitrogens with zero attached hydrogens (tertiary/aromatic N) is 4. The van der Waals surface area contributed by atoms with Gasteiger partial charge in [0.1, 0.15) is 11.4 Å². The lowest BCUT2D eigenvalue weighted by Crippen LogP contribution is -2.14. The van der Waals surface area contributed by atoms with Gasteiger partial charge in [-0.15, -0.1) is 0 Å². The quantitative estimate of drug-likeness (QED) is 0.314. The molecular formula is C29H27N5O2. The molecule has 0 unspecified atom stereocenters. The Kier molecular flexibility index (Phi) is 6.36. The van der Waals surface area contributed by atoms with E-state index in [1.807, 2.05) is 93.6 Å². The third-order valence-electron chi connectivity index (χ3n) is 5.97. The molecule has 0 radical (unpaired) electrons. The zero-order chi connectivity index (χ0) is 25.1. The first-order chi connectivity index (χ1) is 17.5. The van der Waals surface area contributed by atoms with Crippen LogP contribution in [0.2, 0.25) is 0 Å². The molecule has 2 aromatic heterocycles. The minimum atomic E-state index is -0.247. The SMILES string of the molecule is Cc1ccc(OCn2cc(NC(=O)c3c(-c4ccccc4)nn(-c4ccccc4)c3C)cn2)c(C)c1. The molecule has 180 valence electrons. The average molecular weight is 478 g/mol. The Labute approximate surface area is 210 Å². The number of carbonyl (C=O) groups excluding carboxylic acids is 1. The summed E-state index contributed by atoms with van der Waals surface area (Å²) in [5.41, 5.74) is 6.49. The Morgan fingerprint density at radius 3 is 2.39 bits per heavy atom. The van der Waals surface area contributed by atoms with E-state index >= 15 is 0 Å². The fraction of sp³-hybridized carbons (Fsp3) is 0.138. The van der Waals surface area contributed by atoms with Crippen LogP contribution in [0.3, 0.4) is 0 Å². The molecule has 5 aromatic rings. The molecule has 5 rings (SSSR count). The minimum absolute atomic E-state index is 0.236. The van der Waals surface area contributed by atoms with E-state index in [1.165, 1.54) is 5.56 Å². The number of nitrogens with one attached hydrogen (secondary N) is 1. The highest BCUT2D eigenvalue weighted by Gasteiger charge is 2.23. The normalized spacial score (nSPS) is 10.9. The topological polar surface area (TPSA) is 74.0 Å². The van der Waals surface area contributed by atoms with Crippen molar-refractivity contribution >= 4 is 11.6 Å². The molecule has 1 amide bonds. The maximum Gasteiger partial charge on any atom is 0.259 e. The largest absolute Gasteiger partial charge is 0.471 e. The van der Waals surface area contributed by atoms with Crippen molar-refractivity contribution in [1.82, 2.24) is 19.6 Å². The number of ether oxygens (including phenoxy) is 1.